The zero-order chi connectivity index (χ0) is 24.6. The number of nitrogens with zero attached hydrogens (tertiary/aromatic N) is 1. The second-order valence-electron chi connectivity index (χ2n) is 8.57. The summed E-state index contributed by atoms with van der Waals surface area (Å²) in [6.45, 7) is 0.157. The van der Waals surface area contributed by atoms with Crippen LogP contribution in [0.2, 0.25) is 0 Å². The number of carbonyl (C=O) groups is 4. The summed E-state index contributed by atoms with van der Waals surface area (Å²) < 4.78 is 37.1. The molecule has 0 saturated heterocycles. The van der Waals surface area contributed by atoms with E-state index >= 15 is 0 Å². The number of imide groups is 1. The summed E-state index contributed by atoms with van der Waals surface area (Å²) >= 11 is 1.16. The van der Waals surface area contributed by atoms with Gasteiger partial charge in [-0.15, -0.1) is 11.3 Å². The fourth-order valence-electron chi connectivity index (χ4n) is 4.65. The third kappa shape index (κ3) is 4.56. The Balaban J connectivity index is 1.42. The van der Waals surface area contributed by atoms with Crippen molar-refractivity contribution in [1.29, 1.82) is 0 Å². The first-order valence-electron chi connectivity index (χ1n) is 10.8. The molecular formula is C23H22F3N3O4S. The largest absolute Gasteiger partial charge is 0.471 e. The molecule has 1 fully saturated rings. The van der Waals surface area contributed by atoms with Crippen molar-refractivity contribution in [2.75, 3.05) is 13.1 Å². The molecule has 2 aliphatic rings. The zero-order valence-corrected chi connectivity index (χ0v) is 18.8. The van der Waals surface area contributed by atoms with Gasteiger partial charge in [-0.25, -0.2) is 0 Å². The molecule has 180 valence electrons. The Kier molecular flexibility index (Phi) is 6.48. The number of hydrogen-bond acceptors (Lipinski definition) is 5. The van der Waals surface area contributed by atoms with Crippen LogP contribution >= 0.6 is 11.3 Å². The van der Waals surface area contributed by atoms with Crippen LogP contribution in [0.4, 0.5) is 13.2 Å². The van der Waals surface area contributed by atoms with E-state index in [1.807, 2.05) is 5.32 Å². The van der Waals surface area contributed by atoms with E-state index in [9.17, 15) is 32.3 Å². The van der Waals surface area contributed by atoms with Crippen molar-refractivity contribution < 1.29 is 32.3 Å². The van der Waals surface area contributed by atoms with Crippen molar-refractivity contribution in [2.45, 2.75) is 31.9 Å². The van der Waals surface area contributed by atoms with Crippen LogP contribution in [0.5, 0.6) is 0 Å². The maximum atomic E-state index is 13.3. The summed E-state index contributed by atoms with van der Waals surface area (Å²) in [5.74, 6) is -3.46. The fourth-order valence-corrected chi connectivity index (χ4v) is 5.41. The van der Waals surface area contributed by atoms with Crippen molar-refractivity contribution >= 4 is 35.0 Å². The van der Waals surface area contributed by atoms with Crippen molar-refractivity contribution in [1.82, 2.24) is 10.2 Å². The molecule has 1 aliphatic heterocycles. The van der Waals surface area contributed by atoms with Gasteiger partial charge in [-0.2, -0.15) is 13.2 Å². The van der Waals surface area contributed by atoms with Gasteiger partial charge in [0.05, 0.1) is 16.0 Å². The molecule has 0 unspecified atom stereocenters. The van der Waals surface area contributed by atoms with Crippen molar-refractivity contribution in [3.05, 3.63) is 45.6 Å². The number of rotatable bonds is 6. The summed E-state index contributed by atoms with van der Waals surface area (Å²) in [5.41, 5.74) is 6.97. The van der Waals surface area contributed by atoms with Crippen LogP contribution < -0.4 is 11.1 Å². The lowest BCUT2D eigenvalue weighted by molar-refractivity contribution is -0.173. The quantitative estimate of drug-likeness (QED) is 0.600. The van der Waals surface area contributed by atoms with Gasteiger partial charge in [-0.05, 0) is 60.6 Å². The van der Waals surface area contributed by atoms with Crippen molar-refractivity contribution in [3.8, 4) is 11.1 Å². The summed E-state index contributed by atoms with van der Waals surface area (Å²) in [4.78, 5) is 50.6. The minimum atomic E-state index is -4.90. The Bertz CT molecular complexity index is 1150. The van der Waals surface area contributed by atoms with E-state index in [0.717, 1.165) is 11.3 Å². The van der Waals surface area contributed by atoms with Gasteiger partial charge in [0.2, 0.25) is 0 Å². The Labute approximate surface area is 197 Å². The highest BCUT2D eigenvalue weighted by atomic mass is 32.1. The highest BCUT2D eigenvalue weighted by molar-refractivity contribution is 7.12. The first-order chi connectivity index (χ1) is 16.1. The van der Waals surface area contributed by atoms with E-state index in [1.165, 1.54) is 4.90 Å². The van der Waals surface area contributed by atoms with Gasteiger partial charge in [0.25, 0.3) is 17.7 Å². The fraction of sp³-hybridized carbons (Fsp3) is 0.391. The van der Waals surface area contributed by atoms with Crippen LogP contribution in [0.25, 0.3) is 11.1 Å². The highest BCUT2D eigenvalue weighted by Gasteiger charge is 2.41. The number of carbonyl (C=O) groups excluding carboxylic acids is 4. The predicted molar refractivity (Wildman–Crippen MR) is 118 cm³/mol. The maximum Gasteiger partial charge on any atom is 0.471 e. The smallest absolute Gasteiger partial charge is 0.365 e. The van der Waals surface area contributed by atoms with Gasteiger partial charge in [0.15, 0.2) is 0 Å². The molecule has 0 atom stereocenters. The molecular weight excluding hydrogens is 471 g/mol. The molecule has 0 bridgehead atoms. The number of primary amides is 1. The molecule has 1 aromatic carbocycles. The Morgan fingerprint density at radius 1 is 1.00 bits per heavy atom. The van der Waals surface area contributed by atoms with Gasteiger partial charge >= 0.3 is 12.1 Å². The average Bonchev–Trinajstić information content (AvgIpc) is 3.38. The number of benzene rings is 1. The highest BCUT2D eigenvalue weighted by Crippen LogP contribution is 2.37. The Hall–Kier alpha value is -3.21. The molecule has 4 rings (SSSR count). The van der Waals surface area contributed by atoms with Gasteiger partial charge in [0, 0.05) is 18.7 Å². The van der Waals surface area contributed by atoms with Crippen molar-refractivity contribution in [2.24, 2.45) is 17.6 Å². The number of fused-ring (bicyclic) bond motifs is 1. The van der Waals surface area contributed by atoms with Gasteiger partial charge in [-0.1, -0.05) is 12.1 Å². The predicted octanol–water partition coefficient (Wildman–Crippen LogP) is 3.59. The minimum absolute atomic E-state index is 0.0163. The number of thiophene rings is 1. The molecule has 1 aliphatic carbocycles. The molecule has 11 heteroatoms. The normalized spacial score (nSPS) is 20.4. The summed E-state index contributed by atoms with van der Waals surface area (Å²) in [6, 6.07) is 6.61. The molecule has 1 aromatic heterocycles. The van der Waals surface area contributed by atoms with Crippen LogP contribution in [0, 0.1) is 11.8 Å². The van der Waals surface area contributed by atoms with Gasteiger partial charge < -0.3 is 11.1 Å². The third-order valence-corrected chi connectivity index (χ3v) is 7.32. The van der Waals surface area contributed by atoms with Crippen molar-refractivity contribution in [3.63, 3.8) is 0 Å². The second kappa shape index (κ2) is 9.21. The monoisotopic (exact) mass is 493 g/mol. The molecule has 2 heterocycles. The lowest BCUT2D eigenvalue weighted by atomic mass is 9.81. The lowest BCUT2D eigenvalue weighted by Gasteiger charge is -2.30. The molecule has 0 spiro atoms. The summed E-state index contributed by atoms with van der Waals surface area (Å²) in [5, 5.41) is 3.62. The molecule has 34 heavy (non-hydrogen) atoms. The topological polar surface area (TPSA) is 110 Å². The maximum absolute atomic E-state index is 13.3. The molecule has 0 radical (unpaired) electrons. The van der Waals surface area contributed by atoms with E-state index in [4.69, 9.17) is 5.73 Å². The Morgan fingerprint density at radius 3 is 2.29 bits per heavy atom. The number of alkyl halides is 3. The van der Waals surface area contributed by atoms with Gasteiger partial charge in [0.1, 0.15) is 0 Å². The molecule has 2 aromatic rings. The first-order valence-corrected chi connectivity index (χ1v) is 11.7. The van der Waals surface area contributed by atoms with E-state index in [0.29, 0.717) is 41.7 Å². The number of hydrogen-bond donors (Lipinski definition) is 2. The zero-order valence-electron chi connectivity index (χ0n) is 18.0. The van der Waals surface area contributed by atoms with E-state index < -0.39 is 29.8 Å². The van der Waals surface area contributed by atoms with Crippen LogP contribution in [0.1, 0.15) is 56.1 Å². The number of halogens is 3. The Morgan fingerprint density at radius 2 is 1.65 bits per heavy atom. The average molecular weight is 494 g/mol. The third-order valence-electron chi connectivity index (χ3n) is 6.39. The van der Waals surface area contributed by atoms with Crippen LogP contribution in [0.15, 0.2) is 29.6 Å². The first kappa shape index (κ1) is 23.9. The van der Waals surface area contributed by atoms with E-state index in [-0.39, 0.29) is 36.1 Å². The number of amides is 4. The molecule has 1 saturated carbocycles. The second-order valence-corrected chi connectivity index (χ2v) is 9.49. The van der Waals surface area contributed by atoms with E-state index in [2.05, 4.69) is 0 Å². The minimum Gasteiger partial charge on any atom is -0.365 e. The van der Waals surface area contributed by atoms with Crippen LogP contribution in [-0.4, -0.2) is 47.8 Å². The van der Waals surface area contributed by atoms with Crippen LogP contribution in [-0.2, 0) is 4.79 Å². The van der Waals surface area contributed by atoms with Crippen LogP contribution in [0.3, 0.4) is 0 Å². The standard InChI is InChI=1S/C23H22F3N3O4S/c24-23(25,26)22(33)28-10-12-4-6-13(7-5-12)11-29-20(31)16-3-1-2-14(17(16)21(29)32)15-8-9-34-18(15)19(27)30/h1-3,8-9,12-13H,4-7,10-11H2,(H2,27,30)(H,28,33). The van der Waals surface area contributed by atoms with Gasteiger partial charge in [-0.3, -0.25) is 24.1 Å². The summed E-state index contributed by atoms with van der Waals surface area (Å²) in [7, 11) is 0. The lowest BCUT2D eigenvalue weighted by Crippen LogP contribution is -2.41. The number of nitrogens with one attached hydrogen (secondary N) is 1. The SMILES string of the molecule is NC(=O)c1sccc1-c1cccc2c1C(=O)N(CC1CCC(CNC(=O)C(F)(F)F)CC1)C2=O. The molecule has 3 N–H and O–H groups in total. The molecule has 7 nitrogen and oxygen atoms in total. The number of nitrogens with two attached hydrogens (primary N) is 1. The summed E-state index contributed by atoms with van der Waals surface area (Å²) in [6.07, 6.45) is -2.46. The molecule has 4 amide bonds. The van der Waals surface area contributed by atoms with E-state index in [1.54, 1.807) is 29.6 Å².